The van der Waals surface area contributed by atoms with Gasteiger partial charge in [0.2, 0.25) is 0 Å². The normalized spacial score (nSPS) is 12.2. The van der Waals surface area contributed by atoms with Gasteiger partial charge >= 0.3 is 0 Å². The Kier molecular flexibility index (Phi) is 5.05. The minimum atomic E-state index is -0.265. The molecule has 1 amide bonds. The van der Waals surface area contributed by atoms with Crippen LogP contribution < -0.4 is 11.1 Å². The van der Waals surface area contributed by atoms with Crippen LogP contribution in [-0.2, 0) is 4.74 Å². The van der Waals surface area contributed by atoms with Crippen LogP contribution in [0.1, 0.15) is 17.3 Å². The van der Waals surface area contributed by atoms with Crippen LogP contribution in [0.4, 0.5) is 5.69 Å². The molecular weight excluding hydrogens is 263 g/mol. The van der Waals surface area contributed by atoms with Gasteiger partial charge in [0.25, 0.3) is 5.91 Å². The standard InChI is InChI=1S/C11H14Cl2N2O2/c1-6(17-2)5-15-11(16)7-3-8(12)10(13)9(14)4-7/h3-4,6H,5,14H2,1-2H3,(H,15,16). The lowest BCUT2D eigenvalue weighted by molar-refractivity contribution is 0.0870. The molecule has 0 heterocycles. The fourth-order valence-corrected chi connectivity index (χ4v) is 1.50. The molecule has 1 atom stereocenters. The first kappa shape index (κ1) is 14.1. The Bertz CT molecular complexity index is 401. The molecule has 0 aliphatic rings. The topological polar surface area (TPSA) is 64.3 Å². The first-order chi connectivity index (χ1) is 7.95. The van der Waals surface area contributed by atoms with Crippen LogP contribution in [0.2, 0.25) is 10.0 Å². The van der Waals surface area contributed by atoms with Crippen molar-refractivity contribution >= 4 is 34.8 Å². The largest absolute Gasteiger partial charge is 0.397 e. The van der Waals surface area contributed by atoms with Gasteiger partial charge in [-0.3, -0.25) is 4.79 Å². The van der Waals surface area contributed by atoms with E-state index in [0.29, 0.717) is 12.1 Å². The molecule has 17 heavy (non-hydrogen) atoms. The lowest BCUT2D eigenvalue weighted by atomic mass is 10.2. The second-order valence-electron chi connectivity index (χ2n) is 3.62. The lowest BCUT2D eigenvalue weighted by Crippen LogP contribution is -2.31. The Morgan fingerprint density at radius 3 is 2.71 bits per heavy atom. The lowest BCUT2D eigenvalue weighted by Gasteiger charge is -2.11. The molecule has 0 saturated heterocycles. The van der Waals surface area contributed by atoms with Crippen molar-refractivity contribution in [3.05, 3.63) is 27.7 Å². The summed E-state index contributed by atoms with van der Waals surface area (Å²) >= 11 is 11.6. The van der Waals surface area contributed by atoms with Crippen LogP contribution in [0.15, 0.2) is 12.1 Å². The van der Waals surface area contributed by atoms with E-state index in [1.165, 1.54) is 12.1 Å². The summed E-state index contributed by atoms with van der Waals surface area (Å²) < 4.78 is 5.02. The SMILES string of the molecule is COC(C)CNC(=O)c1cc(N)c(Cl)c(Cl)c1. The smallest absolute Gasteiger partial charge is 0.251 e. The van der Waals surface area contributed by atoms with Crippen molar-refractivity contribution in [3.63, 3.8) is 0 Å². The van der Waals surface area contributed by atoms with Crippen LogP contribution in [0, 0.1) is 0 Å². The second-order valence-corrected chi connectivity index (χ2v) is 4.40. The summed E-state index contributed by atoms with van der Waals surface area (Å²) in [6, 6.07) is 2.97. The molecule has 4 nitrogen and oxygen atoms in total. The Hall–Kier alpha value is -0.970. The summed E-state index contributed by atoms with van der Waals surface area (Å²) in [6.45, 7) is 2.26. The first-order valence-electron chi connectivity index (χ1n) is 5.01. The second kappa shape index (κ2) is 6.10. The van der Waals surface area contributed by atoms with E-state index in [2.05, 4.69) is 5.32 Å². The van der Waals surface area contributed by atoms with E-state index < -0.39 is 0 Å². The highest BCUT2D eigenvalue weighted by molar-refractivity contribution is 6.43. The van der Waals surface area contributed by atoms with E-state index in [1.807, 2.05) is 6.92 Å². The number of hydrogen-bond donors (Lipinski definition) is 2. The molecule has 3 N–H and O–H groups in total. The van der Waals surface area contributed by atoms with Gasteiger partial charge in [-0.15, -0.1) is 0 Å². The average Bonchev–Trinajstić information content (AvgIpc) is 2.31. The minimum Gasteiger partial charge on any atom is -0.397 e. The fraction of sp³-hybridized carbons (Fsp3) is 0.364. The van der Waals surface area contributed by atoms with Gasteiger partial charge in [-0.25, -0.2) is 0 Å². The third-order valence-electron chi connectivity index (χ3n) is 2.27. The van der Waals surface area contributed by atoms with Gasteiger partial charge in [-0.1, -0.05) is 23.2 Å². The number of benzene rings is 1. The molecule has 0 aliphatic carbocycles. The van der Waals surface area contributed by atoms with Gasteiger partial charge in [0, 0.05) is 19.2 Å². The van der Waals surface area contributed by atoms with Crippen molar-refractivity contribution in [1.82, 2.24) is 5.32 Å². The molecule has 1 rings (SSSR count). The summed E-state index contributed by atoms with van der Waals surface area (Å²) in [4.78, 5) is 11.8. The fourth-order valence-electron chi connectivity index (χ4n) is 1.16. The van der Waals surface area contributed by atoms with E-state index >= 15 is 0 Å². The number of rotatable bonds is 4. The summed E-state index contributed by atoms with van der Waals surface area (Å²) in [6.07, 6.45) is -0.0564. The number of hydrogen-bond acceptors (Lipinski definition) is 3. The van der Waals surface area contributed by atoms with Gasteiger partial charge in [0.05, 0.1) is 21.8 Å². The van der Waals surface area contributed by atoms with Crippen LogP contribution >= 0.6 is 23.2 Å². The van der Waals surface area contributed by atoms with Crippen molar-refractivity contribution in [2.24, 2.45) is 0 Å². The first-order valence-corrected chi connectivity index (χ1v) is 5.76. The van der Waals surface area contributed by atoms with Gasteiger partial charge in [-0.05, 0) is 19.1 Å². The average molecular weight is 277 g/mol. The van der Waals surface area contributed by atoms with Gasteiger partial charge in [-0.2, -0.15) is 0 Å². The number of amides is 1. The van der Waals surface area contributed by atoms with Crippen LogP contribution in [0.3, 0.4) is 0 Å². The number of methoxy groups -OCH3 is 1. The maximum absolute atomic E-state index is 11.8. The van der Waals surface area contributed by atoms with Gasteiger partial charge in [0.15, 0.2) is 0 Å². The Labute approximate surface area is 110 Å². The molecule has 0 radical (unpaired) electrons. The van der Waals surface area contributed by atoms with E-state index in [0.717, 1.165) is 0 Å². The molecule has 94 valence electrons. The molecular formula is C11H14Cl2N2O2. The molecule has 0 aromatic heterocycles. The zero-order valence-corrected chi connectivity index (χ0v) is 11.1. The molecule has 0 aliphatic heterocycles. The maximum Gasteiger partial charge on any atom is 0.251 e. The van der Waals surface area contributed by atoms with Gasteiger partial charge in [0.1, 0.15) is 0 Å². The summed E-state index contributed by atoms with van der Waals surface area (Å²) in [7, 11) is 1.58. The van der Waals surface area contributed by atoms with Gasteiger partial charge < -0.3 is 15.8 Å². The molecule has 1 aromatic carbocycles. The molecule has 0 spiro atoms. The minimum absolute atomic E-state index is 0.0564. The Morgan fingerprint density at radius 1 is 1.53 bits per heavy atom. The highest BCUT2D eigenvalue weighted by Gasteiger charge is 2.11. The third-order valence-corrected chi connectivity index (χ3v) is 3.09. The van der Waals surface area contributed by atoms with Crippen molar-refractivity contribution in [3.8, 4) is 0 Å². The number of nitrogen functional groups attached to an aromatic ring is 1. The van der Waals surface area contributed by atoms with Crippen molar-refractivity contribution in [2.75, 3.05) is 19.4 Å². The van der Waals surface area contributed by atoms with Crippen LogP contribution in [0.5, 0.6) is 0 Å². The zero-order valence-electron chi connectivity index (χ0n) is 9.59. The van der Waals surface area contributed by atoms with Crippen molar-refractivity contribution in [2.45, 2.75) is 13.0 Å². The Morgan fingerprint density at radius 2 is 2.18 bits per heavy atom. The highest BCUT2D eigenvalue weighted by Crippen LogP contribution is 2.29. The van der Waals surface area contributed by atoms with Crippen molar-refractivity contribution in [1.29, 1.82) is 0 Å². The quantitative estimate of drug-likeness (QED) is 0.830. The van der Waals surface area contributed by atoms with E-state index in [1.54, 1.807) is 7.11 Å². The zero-order chi connectivity index (χ0) is 13.0. The summed E-state index contributed by atoms with van der Waals surface area (Å²) in [5.74, 6) is -0.265. The van der Waals surface area contributed by atoms with E-state index in [9.17, 15) is 4.79 Å². The molecule has 1 unspecified atom stereocenters. The van der Waals surface area contributed by atoms with Crippen LogP contribution in [0.25, 0.3) is 0 Å². The molecule has 0 bridgehead atoms. The monoisotopic (exact) mass is 276 g/mol. The number of carbonyl (C=O) groups excluding carboxylic acids is 1. The molecule has 6 heteroatoms. The molecule has 1 aromatic rings. The number of ether oxygens (including phenoxy) is 1. The maximum atomic E-state index is 11.8. The molecule has 0 saturated carbocycles. The predicted octanol–water partition coefficient (Wildman–Crippen LogP) is 2.34. The number of carbonyl (C=O) groups is 1. The highest BCUT2D eigenvalue weighted by atomic mass is 35.5. The number of halogens is 2. The molecule has 0 fully saturated rings. The number of nitrogens with two attached hydrogens (primary N) is 1. The third kappa shape index (κ3) is 3.77. The van der Waals surface area contributed by atoms with Crippen LogP contribution in [-0.4, -0.2) is 25.7 Å². The van der Waals surface area contributed by atoms with E-state index in [4.69, 9.17) is 33.7 Å². The number of anilines is 1. The van der Waals surface area contributed by atoms with Crippen molar-refractivity contribution < 1.29 is 9.53 Å². The number of nitrogens with one attached hydrogen (secondary N) is 1. The predicted molar refractivity (Wildman–Crippen MR) is 69.7 cm³/mol. The Balaban J connectivity index is 2.76. The van der Waals surface area contributed by atoms with E-state index in [-0.39, 0.29) is 27.7 Å². The summed E-state index contributed by atoms with van der Waals surface area (Å²) in [5.41, 5.74) is 6.28. The summed E-state index contributed by atoms with van der Waals surface area (Å²) in [5, 5.41) is 3.22.